The lowest BCUT2D eigenvalue weighted by Crippen LogP contribution is -2.31. The van der Waals surface area contributed by atoms with Crippen molar-refractivity contribution < 1.29 is 14.2 Å². The van der Waals surface area contributed by atoms with Gasteiger partial charge in [-0.05, 0) is 5.56 Å². The van der Waals surface area contributed by atoms with E-state index in [1.165, 1.54) is 5.56 Å². The van der Waals surface area contributed by atoms with E-state index in [-0.39, 0.29) is 0 Å². The molecule has 0 radical (unpaired) electrons. The van der Waals surface area contributed by atoms with E-state index in [0.29, 0.717) is 13.2 Å². The van der Waals surface area contributed by atoms with Crippen molar-refractivity contribution >= 4 is 0 Å². The fourth-order valence-corrected chi connectivity index (χ4v) is 2.34. The van der Waals surface area contributed by atoms with E-state index in [1.54, 1.807) is 0 Å². The van der Waals surface area contributed by atoms with Gasteiger partial charge in [0, 0.05) is 32.7 Å². The van der Waals surface area contributed by atoms with Gasteiger partial charge < -0.3 is 19.5 Å². The summed E-state index contributed by atoms with van der Waals surface area (Å²) in [6, 6.07) is 10.5. The summed E-state index contributed by atoms with van der Waals surface area (Å²) in [6.45, 7) is 8.79. The Morgan fingerprint density at radius 2 is 1.36 bits per heavy atom. The molecule has 1 aliphatic rings. The van der Waals surface area contributed by atoms with Crippen LogP contribution in [0.3, 0.4) is 0 Å². The third-order valence-electron chi connectivity index (χ3n) is 3.57. The van der Waals surface area contributed by atoms with Crippen LogP contribution in [0.1, 0.15) is 5.56 Å². The predicted octanol–water partition coefficient (Wildman–Crippen LogP) is 1.14. The zero-order valence-corrected chi connectivity index (χ0v) is 13.3. The molecule has 0 aliphatic carbocycles. The Morgan fingerprint density at radius 3 is 2.05 bits per heavy atom. The number of rotatable bonds is 2. The van der Waals surface area contributed by atoms with Crippen LogP contribution in [0.15, 0.2) is 30.3 Å². The highest BCUT2D eigenvalue weighted by atomic mass is 16.5. The second-order valence-corrected chi connectivity index (χ2v) is 5.35. The van der Waals surface area contributed by atoms with Crippen LogP contribution in [0.5, 0.6) is 0 Å². The van der Waals surface area contributed by atoms with Gasteiger partial charge in [0.25, 0.3) is 0 Å². The zero-order chi connectivity index (χ0) is 15.3. The summed E-state index contributed by atoms with van der Waals surface area (Å²) < 4.78 is 16.8. The maximum absolute atomic E-state index is 5.69. The molecule has 0 amide bonds. The summed E-state index contributed by atoms with van der Waals surface area (Å²) in [6.07, 6.45) is 0. The molecule has 0 spiro atoms. The summed E-state index contributed by atoms with van der Waals surface area (Å²) in [5, 5.41) is 3.30. The third-order valence-corrected chi connectivity index (χ3v) is 3.57. The van der Waals surface area contributed by atoms with Gasteiger partial charge >= 0.3 is 0 Å². The molecule has 0 unspecified atom stereocenters. The molecular weight excluding hydrogens is 280 g/mol. The van der Waals surface area contributed by atoms with Crippen LogP contribution >= 0.6 is 0 Å². The standard InChI is InChI=1S/C17H28N2O3/c1-2-4-17(5-3-1)16-19-8-12-20-10-6-18-7-11-21-14-15-22-13-9-19/h1-5,18H,6-16H2. The summed E-state index contributed by atoms with van der Waals surface area (Å²) in [4.78, 5) is 2.38. The number of nitrogens with one attached hydrogen (secondary N) is 1. The van der Waals surface area contributed by atoms with Crippen molar-refractivity contribution in [2.45, 2.75) is 6.54 Å². The van der Waals surface area contributed by atoms with Crippen LogP contribution in [-0.2, 0) is 20.8 Å². The van der Waals surface area contributed by atoms with Gasteiger partial charge in [0.2, 0.25) is 0 Å². The highest BCUT2D eigenvalue weighted by molar-refractivity contribution is 5.14. The molecular formula is C17H28N2O3. The van der Waals surface area contributed by atoms with Gasteiger partial charge in [0.15, 0.2) is 0 Å². The number of hydrogen-bond donors (Lipinski definition) is 1. The Labute approximate surface area is 133 Å². The van der Waals surface area contributed by atoms with Gasteiger partial charge in [-0.15, -0.1) is 0 Å². The van der Waals surface area contributed by atoms with Crippen molar-refractivity contribution in [2.24, 2.45) is 0 Å². The number of hydrogen-bond acceptors (Lipinski definition) is 5. The lowest BCUT2D eigenvalue weighted by Gasteiger charge is -2.22. The topological polar surface area (TPSA) is 43.0 Å². The van der Waals surface area contributed by atoms with Gasteiger partial charge in [-0.25, -0.2) is 0 Å². The van der Waals surface area contributed by atoms with E-state index in [2.05, 4.69) is 40.5 Å². The lowest BCUT2D eigenvalue weighted by molar-refractivity contribution is 0.0366. The highest BCUT2D eigenvalue weighted by Gasteiger charge is 2.06. The van der Waals surface area contributed by atoms with E-state index in [0.717, 1.165) is 59.2 Å². The molecule has 1 aromatic carbocycles. The molecule has 124 valence electrons. The molecule has 1 heterocycles. The molecule has 5 nitrogen and oxygen atoms in total. The Morgan fingerprint density at radius 1 is 0.773 bits per heavy atom. The highest BCUT2D eigenvalue weighted by Crippen LogP contribution is 2.04. The van der Waals surface area contributed by atoms with E-state index in [9.17, 15) is 0 Å². The van der Waals surface area contributed by atoms with Crippen molar-refractivity contribution in [2.75, 3.05) is 65.8 Å². The van der Waals surface area contributed by atoms with Gasteiger partial charge in [-0.1, -0.05) is 30.3 Å². The minimum atomic E-state index is 0.662. The zero-order valence-electron chi connectivity index (χ0n) is 13.3. The molecule has 1 saturated heterocycles. The Balaban J connectivity index is 1.77. The SMILES string of the molecule is c1ccc(CN2CCOCCNCCOCCOCC2)cc1. The summed E-state index contributed by atoms with van der Waals surface area (Å²) in [5.41, 5.74) is 1.32. The molecule has 1 aromatic rings. The first-order valence-corrected chi connectivity index (χ1v) is 8.15. The van der Waals surface area contributed by atoms with Crippen LogP contribution in [0.25, 0.3) is 0 Å². The van der Waals surface area contributed by atoms with Crippen molar-refractivity contribution in [1.82, 2.24) is 10.2 Å². The lowest BCUT2D eigenvalue weighted by atomic mass is 10.2. The van der Waals surface area contributed by atoms with Crippen LogP contribution in [0.4, 0.5) is 0 Å². The number of nitrogens with zero attached hydrogens (tertiary/aromatic N) is 1. The first-order chi connectivity index (χ1) is 10.9. The maximum Gasteiger partial charge on any atom is 0.0701 e. The predicted molar refractivity (Wildman–Crippen MR) is 87.0 cm³/mol. The van der Waals surface area contributed by atoms with Gasteiger partial charge in [0.05, 0.1) is 39.6 Å². The third kappa shape index (κ3) is 7.87. The Bertz CT molecular complexity index is 359. The van der Waals surface area contributed by atoms with Gasteiger partial charge in [-0.3, -0.25) is 4.90 Å². The van der Waals surface area contributed by atoms with E-state index >= 15 is 0 Å². The largest absolute Gasteiger partial charge is 0.379 e. The quantitative estimate of drug-likeness (QED) is 0.887. The fourth-order valence-electron chi connectivity index (χ4n) is 2.34. The molecule has 0 saturated carbocycles. The minimum absolute atomic E-state index is 0.662. The second-order valence-electron chi connectivity index (χ2n) is 5.35. The first-order valence-electron chi connectivity index (χ1n) is 8.15. The van der Waals surface area contributed by atoms with Crippen LogP contribution in [-0.4, -0.2) is 70.7 Å². The second kappa shape index (κ2) is 11.6. The summed E-state index contributed by atoms with van der Waals surface area (Å²) in [7, 11) is 0. The van der Waals surface area contributed by atoms with Gasteiger partial charge in [-0.2, -0.15) is 0 Å². The van der Waals surface area contributed by atoms with E-state index in [4.69, 9.17) is 14.2 Å². The number of ether oxygens (including phenoxy) is 3. The molecule has 2 rings (SSSR count). The van der Waals surface area contributed by atoms with E-state index < -0.39 is 0 Å². The van der Waals surface area contributed by atoms with Crippen molar-refractivity contribution in [3.8, 4) is 0 Å². The summed E-state index contributed by atoms with van der Waals surface area (Å²) >= 11 is 0. The van der Waals surface area contributed by atoms with Crippen LogP contribution in [0.2, 0.25) is 0 Å². The molecule has 0 bridgehead atoms. The van der Waals surface area contributed by atoms with Crippen molar-refractivity contribution in [3.63, 3.8) is 0 Å². The smallest absolute Gasteiger partial charge is 0.0701 e. The maximum atomic E-state index is 5.69. The molecule has 0 aromatic heterocycles. The molecule has 1 fully saturated rings. The Hall–Kier alpha value is -0.980. The summed E-state index contributed by atoms with van der Waals surface area (Å²) in [5.74, 6) is 0. The molecule has 22 heavy (non-hydrogen) atoms. The average molecular weight is 308 g/mol. The molecule has 5 heteroatoms. The minimum Gasteiger partial charge on any atom is -0.379 e. The first kappa shape index (κ1) is 17.4. The monoisotopic (exact) mass is 308 g/mol. The number of benzene rings is 1. The van der Waals surface area contributed by atoms with Crippen LogP contribution < -0.4 is 5.32 Å². The van der Waals surface area contributed by atoms with E-state index in [1.807, 2.05) is 0 Å². The average Bonchev–Trinajstić information content (AvgIpc) is 2.56. The van der Waals surface area contributed by atoms with Crippen molar-refractivity contribution in [1.29, 1.82) is 0 Å². The Kier molecular flexibility index (Phi) is 9.14. The normalized spacial score (nSPS) is 20.9. The molecule has 1 N–H and O–H groups in total. The fraction of sp³-hybridized carbons (Fsp3) is 0.647. The van der Waals surface area contributed by atoms with Crippen molar-refractivity contribution in [3.05, 3.63) is 35.9 Å². The molecule has 0 atom stereocenters. The molecule has 1 aliphatic heterocycles. The van der Waals surface area contributed by atoms with Gasteiger partial charge in [0.1, 0.15) is 0 Å². The van der Waals surface area contributed by atoms with Crippen LogP contribution in [0, 0.1) is 0 Å².